The molecule has 2 nitrogen and oxygen atoms in total. The quantitative estimate of drug-likeness (QED) is 0.0873. The minimum Gasteiger partial charge on any atom is -0.325 e. The van der Waals surface area contributed by atoms with Gasteiger partial charge in [-0.05, 0) is 114 Å². The number of anilines is 2. The molecule has 0 N–H and O–H groups in total. The summed E-state index contributed by atoms with van der Waals surface area (Å²) in [5.41, 5.74) is 13.0. The van der Waals surface area contributed by atoms with Crippen molar-refractivity contribution in [2.24, 2.45) is 0 Å². The minimum atomic E-state index is -0.405. The standard InChI is InChI=1S/C38H55Cl2N2P.Ru/c1-11-13-19-43(20-14-12-2)37(40)34(25-33(39)16-15-26(3)4)38-41(35-29(7)21-27(5)22-30(35)8)17-18-42(38)36-31(9)23-28(6)24-32(36)10;/h15-16,21-24,37H,11-14,17-20,25H2,1-10H3;/q;+2. The van der Waals surface area contributed by atoms with Gasteiger partial charge in [0.15, 0.2) is 0 Å². The summed E-state index contributed by atoms with van der Waals surface area (Å²) >= 11 is 14.9. The average molecular weight is 743 g/mol. The second-order valence-corrected chi connectivity index (χ2v) is 16.6. The Morgan fingerprint density at radius 3 is 1.55 bits per heavy atom. The number of hydrogen-bond acceptors (Lipinski definition) is 2. The molecular weight excluding hydrogens is 687 g/mol. The van der Waals surface area contributed by atoms with Crippen LogP contribution in [0.25, 0.3) is 0 Å². The Kier molecular flexibility index (Phi) is 16.2. The Labute approximate surface area is 293 Å². The molecule has 1 fully saturated rings. The number of benzene rings is 2. The van der Waals surface area contributed by atoms with Gasteiger partial charge in [0.25, 0.3) is 0 Å². The van der Waals surface area contributed by atoms with E-state index in [-0.39, 0.29) is 24.6 Å². The van der Waals surface area contributed by atoms with Crippen LogP contribution in [0.15, 0.2) is 58.4 Å². The monoisotopic (exact) mass is 742 g/mol. The summed E-state index contributed by atoms with van der Waals surface area (Å²) in [4.78, 5) is 5.15. The number of alkyl halides is 1. The van der Waals surface area contributed by atoms with Crippen LogP contribution in [0.3, 0.4) is 0 Å². The second kappa shape index (κ2) is 18.3. The van der Waals surface area contributed by atoms with Gasteiger partial charge >= 0.3 is 19.5 Å². The smallest absolute Gasteiger partial charge is 0.325 e. The molecule has 0 aliphatic carbocycles. The van der Waals surface area contributed by atoms with Gasteiger partial charge in [-0.1, -0.05) is 93.3 Å². The minimum absolute atomic E-state index is 0. The maximum absolute atomic E-state index is 7.80. The van der Waals surface area contributed by atoms with Gasteiger partial charge in [0, 0.05) is 35.9 Å². The SMILES string of the molecule is CCCCP(CCCC)C(Cl)C(CC(Cl)=CC=C(C)C)=C1N(c2c(C)cc(C)cc2C)CCN1c1c(C)cc(C)cc1C.[Ru+2]. The first-order valence-corrected chi connectivity index (χ1v) is 18.8. The van der Waals surface area contributed by atoms with E-state index in [4.69, 9.17) is 23.2 Å². The zero-order valence-electron chi connectivity index (χ0n) is 28.9. The van der Waals surface area contributed by atoms with Gasteiger partial charge in [0.05, 0.1) is 5.12 Å². The molecule has 0 aromatic heterocycles. The van der Waals surface area contributed by atoms with E-state index in [1.165, 1.54) is 99.7 Å². The number of halogens is 2. The van der Waals surface area contributed by atoms with Crippen molar-refractivity contribution < 1.29 is 19.5 Å². The van der Waals surface area contributed by atoms with Crippen molar-refractivity contribution in [2.45, 2.75) is 106 Å². The van der Waals surface area contributed by atoms with Crippen LogP contribution in [-0.2, 0) is 19.5 Å². The zero-order chi connectivity index (χ0) is 31.8. The van der Waals surface area contributed by atoms with Crippen LogP contribution >= 0.6 is 31.1 Å². The van der Waals surface area contributed by atoms with Crippen molar-refractivity contribution >= 4 is 42.5 Å². The Bertz CT molecular complexity index is 1240. The fraction of sp³-hybridized carbons (Fsp3) is 0.526. The fourth-order valence-electron chi connectivity index (χ4n) is 6.58. The van der Waals surface area contributed by atoms with Gasteiger partial charge < -0.3 is 9.80 Å². The number of allylic oxidation sites excluding steroid dienone is 5. The first-order valence-electron chi connectivity index (χ1n) is 16.2. The Hall–Kier alpha value is -1.11. The summed E-state index contributed by atoms with van der Waals surface area (Å²) in [6, 6.07) is 9.28. The van der Waals surface area contributed by atoms with Crippen LogP contribution in [0.5, 0.6) is 0 Å². The average Bonchev–Trinajstić information content (AvgIpc) is 3.32. The van der Waals surface area contributed by atoms with Gasteiger partial charge in [0.1, 0.15) is 5.82 Å². The van der Waals surface area contributed by atoms with Crippen LogP contribution in [-0.4, -0.2) is 30.5 Å². The molecule has 1 heterocycles. The van der Waals surface area contributed by atoms with Crippen molar-refractivity contribution in [1.82, 2.24) is 0 Å². The third kappa shape index (κ3) is 9.95. The Morgan fingerprint density at radius 2 is 1.18 bits per heavy atom. The van der Waals surface area contributed by atoms with Gasteiger partial charge in [-0.25, -0.2) is 0 Å². The number of unbranched alkanes of at least 4 members (excludes halogenated alkanes) is 2. The van der Waals surface area contributed by atoms with Crippen LogP contribution < -0.4 is 9.80 Å². The second-order valence-electron chi connectivity index (χ2n) is 12.8. The summed E-state index contributed by atoms with van der Waals surface area (Å²) < 4.78 is 0. The molecule has 0 saturated carbocycles. The van der Waals surface area contributed by atoms with E-state index >= 15 is 0 Å². The Morgan fingerprint density at radius 1 is 0.773 bits per heavy atom. The van der Waals surface area contributed by atoms with Gasteiger partial charge in [0.2, 0.25) is 0 Å². The third-order valence-corrected chi connectivity index (χ3v) is 12.4. The van der Waals surface area contributed by atoms with Crippen LogP contribution in [0.4, 0.5) is 11.4 Å². The maximum atomic E-state index is 7.80. The van der Waals surface area contributed by atoms with E-state index in [0.717, 1.165) is 18.1 Å². The predicted molar refractivity (Wildman–Crippen MR) is 197 cm³/mol. The van der Waals surface area contributed by atoms with Crippen molar-refractivity contribution in [3.8, 4) is 0 Å². The largest absolute Gasteiger partial charge is 2.00 e. The van der Waals surface area contributed by atoms with Crippen molar-refractivity contribution in [3.63, 3.8) is 0 Å². The number of aryl methyl sites for hydroxylation is 6. The summed E-state index contributed by atoms with van der Waals surface area (Å²) in [6.07, 6.45) is 12.1. The molecule has 3 rings (SSSR count). The van der Waals surface area contributed by atoms with Crippen molar-refractivity contribution in [1.29, 1.82) is 0 Å². The third-order valence-electron chi connectivity index (χ3n) is 8.32. The van der Waals surface area contributed by atoms with Gasteiger partial charge in [-0.2, -0.15) is 0 Å². The summed E-state index contributed by atoms with van der Waals surface area (Å²) in [7, 11) is -0.405. The molecule has 1 saturated heterocycles. The molecule has 0 amide bonds. The van der Waals surface area contributed by atoms with Gasteiger partial charge in [-0.3, -0.25) is 0 Å². The molecule has 2 aromatic carbocycles. The number of rotatable bonds is 13. The first kappa shape index (κ1) is 39.1. The van der Waals surface area contributed by atoms with E-state index in [1.54, 1.807) is 0 Å². The van der Waals surface area contributed by atoms with E-state index in [1.807, 2.05) is 0 Å². The van der Waals surface area contributed by atoms with Gasteiger partial charge in [-0.15, -0.1) is 11.6 Å². The van der Waals surface area contributed by atoms with Crippen LogP contribution in [0.1, 0.15) is 93.2 Å². The normalized spacial score (nSPS) is 14.3. The predicted octanol–water partition coefficient (Wildman–Crippen LogP) is 12.2. The summed E-state index contributed by atoms with van der Waals surface area (Å²) in [5, 5.41) is 0.800. The molecule has 2 aromatic rings. The van der Waals surface area contributed by atoms with Crippen molar-refractivity contribution in [2.75, 3.05) is 35.2 Å². The Balaban J connectivity index is 0.00000675. The molecule has 0 spiro atoms. The molecule has 242 valence electrons. The molecule has 0 radical (unpaired) electrons. The maximum Gasteiger partial charge on any atom is 2.00 e. The molecule has 44 heavy (non-hydrogen) atoms. The van der Waals surface area contributed by atoms with E-state index in [9.17, 15) is 0 Å². The zero-order valence-corrected chi connectivity index (χ0v) is 33.0. The molecule has 1 aliphatic rings. The summed E-state index contributed by atoms with van der Waals surface area (Å²) in [6.45, 7) is 24.1. The summed E-state index contributed by atoms with van der Waals surface area (Å²) in [5.74, 6) is 1.24. The number of hydrogen-bond donors (Lipinski definition) is 0. The molecule has 1 unspecified atom stereocenters. The van der Waals surface area contributed by atoms with E-state index in [0.29, 0.717) is 6.42 Å². The van der Waals surface area contributed by atoms with Crippen LogP contribution in [0, 0.1) is 41.5 Å². The molecule has 6 heteroatoms. The number of nitrogens with zero attached hydrogens (tertiary/aromatic N) is 2. The molecular formula is C38H55Cl2N2PRu+2. The topological polar surface area (TPSA) is 6.48 Å². The van der Waals surface area contributed by atoms with E-state index in [2.05, 4.69) is 115 Å². The molecule has 1 aliphatic heterocycles. The van der Waals surface area contributed by atoms with Crippen molar-refractivity contribution in [3.05, 3.63) is 91.8 Å². The fourth-order valence-corrected chi connectivity index (χ4v) is 10.3. The molecule has 1 atom stereocenters. The first-order chi connectivity index (χ1) is 20.4. The van der Waals surface area contributed by atoms with E-state index < -0.39 is 7.92 Å². The van der Waals surface area contributed by atoms with Crippen LogP contribution in [0.2, 0.25) is 0 Å². The molecule has 0 bridgehead atoms.